The SMILES string of the molecule is N#Cc1ccc(C#N)c(-n2c3ccccc3c3cc4c5c(cccc5c32)-c2ccccc2-4)c1. The molecule has 0 saturated carbocycles. The molecule has 0 unspecified atom stereocenters. The van der Waals surface area contributed by atoms with Crippen LogP contribution >= 0.6 is 0 Å². The van der Waals surface area contributed by atoms with Gasteiger partial charge in [-0.3, -0.25) is 0 Å². The molecule has 0 amide bonds. The Hall–Kier alpha value is -4.86. The van der Waals surface area contributed by atoms with Crippen molar-refractivity contribution in [2.24, 2.45) is 0 Å². The molecule has 1 aliphatic rings. The van der Waals surface area contributed by atoms with Crippen molar-refractivity contribution in [3.8, 4) is 40.1 Å². The van der Waals surface area contributed by atoms with Gasteiger partial charge in [-0.25, -0.2) is 0 Å². The van der Waals surface area contributed by atoms with E-state index in [4.69, 9.17) is 0 Å². The molecule has 150 valence electrons. The van der Waals surface area contributed by atoms with Gasteiger partial charge in [0.25, 0.3) is 0 Å². The fraction of sp³-hybridized carbons (Fsp3) is 0. The first kappa shape index (κ1) is 17.8. The van der Waals surface area contributed by atoms with Crippen molar-refractivity contribution >= 4 is 32.6 Å². The molecule has 0 bridgehead atoms. The van der Waals surface area contributed by atoms with Crippen LogP contribution in [0.3, 0.4) is 0 Å². The largest absolute Gasteiger partial charge is 0.307 e. The van der Waals surface area contributed by atoms with E-state index < -0.39 is 0 Å². The molecule has 0 saturated heterocycles. The van der Waals surface area contributed by atoms with Gasteiger partial charge in [-0.15, -0.1) is 0 Å². The fourth-order valence-corrected chi connectivity index (χ4v) is 5.45. The molecule has 0 fully saturated rings. The molecule has 0 atom stereocenters. The molecule has 1 aromatic heterocycles. The van der Waals surface area contributed by atoms with Gasteiger partial charge in [-0.2, -0.15) is 10.5 Å². The summed E-state index contributed by atoms with van der Waals surface area (Å²) in [5.41, 5.74) is 8.90. The molecule has 0 spiro atoms. The van der Waals surface area contributed by atoms with Crippen LogP contribution in [0, 0.1) is 22.7 Å². The van der Waals surface area contributed by atoms with Crippen LogP contribution in [-0.4, -0.2) is 4.57 Å². The van der Waals surface area contributed by atoms with Gasteiger partial charge in [0.2, 0.25) is 0 Å². The van der Waals surface area contributed by atoms with Crippen LogP contribution in [0.15, 0.2) is 91.0 Å². The molecule has 1 aliphatic carbocycles. The summed E-state index contributed by atoms with van der Waals surface area (Å²) in [5.74, 6) is 0. The van der Waals surface area contributed by atoms with Crippen LogP contribution in [0.2, 0.25) is 0 Å². The minimum atomic E-state index is 0.535. The zero-order chi connectivity index (χ0) is 22.1. The van der Waals surface area contributed by atoms with E-state index in [1.807, 2.05) is 12.1 Å². The maximum atomic E-state index is 9.91. The number of nitriles is 2. The lowest BCUT2D eigenvalue weighted by Crippen LogP contribution is -1.99. The molecule has 0 aliphatic heterocycles. The average Bonchev–Trinajstić information content (AvgIpc) is 3.38. The van der Waals surface area contributed by atoms with Gasteiger partial charge in [-0.05, 0) is 58.0 Å². The summed E-state index contributed by atoms with van der Waals surface area (Å²) in [5, 5.41) is 24.1. The fourth-order valence-electron chi connectivity index (χ4n) is 5.45. The summed E-state index contributed by atoms with van der Waals surface area (Å²) in [6.45, 7) is 0. The molecular weight excluding hydrogens is 402 g/mol. The van der Waals surface area contributed by atoms with E-state index in [-0.39, 0.29) is 0 Å². The van der Waals surface area contributed by atoms with Crippen LogP contribution in [-0.2, 0) is 0 Å². The number of hydrogen-bond donors (Lipinski definition) is 0. The smallest absolute Gasteiger partial charge is 0.101 e. The molecular formula is C30H15N3. The molecule has 7 rings (SSSR count). The Kier molecular flexibility index (Phi) is 3.41. The van der Waals surface area contributed by atoms with E-state index in [1.165, 1.54) is 27.6 Å². The van der Waals surface area contributed by atoms with E-state index in [9.17, 15) is 10.5 Å². The molecule has 0 N–H and O–H groups in total. The third-order valence-corrected chi connectivity index (χ3v) is 6.79. The lowest BCUT2D eigenvalue weighted by molar-refractivity contribution is 1.17. The first-order chi connectivity index (χ1) is 16.3. The van der Waals surface area contributed by atoms with Gasteiger partial charge in [0.15, 0.2) is 0 Å². The van der Waals surface area contributed by atoms with Crippen molar-refractivity contribution in [1.82, 2.24) is 4.57 Å². The van der Waals surface area contributed by atoms with Gasteiger partial charge in [0, 0.05) is 16.2 Å². The second-order valence-corrected chi connectivity index (χ2v) is 8.40. The predicted molar refractivity (Wildman–Crippen MR) is 132 cm³/mol. The van der Waals surface area contributed by atoms with Crippen molar-refractivity contribution < 1.29 is 0 Å². The highest BCUT2D eigenvalue weighted by molar-refractivity contribution is 6.27. The van der Waals surface area contributed by atoms with E-state index in [2.05, 4.69) is 83.4 Å². The van der Waals surface area contributed by atoms with Crippen molar-refractivity contribution in [2.45, 2.75) is 0 Å². The Morgan fingerprint density at radius 1 is 0.576 bits per heavy atom. The molecule has 1 heterocycles. The topological polar surface area (TPSA) is 52.5 Å². The summed E-state index contributed by atoms with van der Waals surface area (Å²) < 4.78 is 2.16. The third-order valence-electron chi connectivity index (χ3n) is 6.79. The highest BCUT2D eigenvalue weighted by Crippen LogP contribution is 2.50. The van der Waals surface area contributed by atoms with Gasteiger partial charge in [0.1, 0.15) is 6.07 Å². The van der Waals surface area contributed by atoms with E-state index >= 15 is 0 Å². The second-order valence-electron chi connectivity index (χ2n) is 8.40. The summed E-state index contributed by atoms with van der Waals surface area (Å²) in [4.78, 5) is 0. The predicted octanol–water partition coefficient (Wildman–Crippen LogP) is 7.33. The second kappa shape index (κ2) is 6.33. The Morgan fingerprint density at radius 2 is 1.30 bits per heavy atom. The molecule has 3 heteroatoms. The Morgan fingerprint density at radius 3 is 2.12 bits per heavy atom. The Bertz CT molecular complexity index is 1890. The van der Waals surface area contributed by atoms with Crippen LogP contribution in [0.25, 0.3) is 60.5 Å². The highest BCUT2D eigenvalue weighted by atomic mass is 15.0. The van der Waals surface area contributed by atoms with E-state index in [0.717, 1.165) is 32.9 Å². The van der Waals surface area contributed by atoms with Gasteiger partial charge in [-0.1, -0.05) is 60.7 Å². The number of nitrogens with zero attached hydrogens (tertiary/aromatic N) is 3. The monoisotopic (exact) mass is 417 g/mol. The molecule has 0 radical (unpaired) electrons. The minimum absolute atomic E-state index is 0.535. The number of hydrogen-bond acceptors (Lipinski definition) is 2. The van der Waals surface area contributed by atoms with Crippen molar-refractivity contribution in [1.29, 1.82) is 10.5 Å². The number of rotatable bonds is 1. The molecule has 3 nitrogen and oxygen atoms in total. The van der Waals surface area contributed by atoms with Crippen molar-refractivity contribution in [2.75, 3.05) is 0 Å². The highest BCUT2D eigenvalue weighted by Gasteiger charge is 2.25. The van der Waals surface area contributed by atoms with E-state index in [0.29, 0.717) is 11.1 Å². The first-order valence-electron chi connectivity index (χ1n) is 10.8. The van der Waals surface area contributed by atoms with Crippen LogP contribution in [0.1, 0.15) is 11.1 Å². The zero-order valence-corrected chi connectivity index (χ0v) is 17.5. The quantitative estimate of drug-likeness (QED) is 0.281. The van der Waals surface area contributed by atoms with Crippen molar-refractivity contribution in [3.05, 3.63) is 102 Å². The van der Waals surface area contributed by atoms with E-state index in [1.54, 1.807) is 12.1 Å². The Balaban J connectivity index is 1.76. The number of aromatic nitrogens is 1. The zero-order valence-electron chi connectivity index (χ0n) is 17.5. The molecule has 5 aromatic carbocycles. The van der Waals surface area contributed by atoms with Crippen molar-refractivity contribution in [3.63, 3.8) is 0 Å². The maximum Gasteiger partial charge on any atom is 0.101 e. The summed E-state index contributed by atoms with van der Waals surface area (Å²) in [6, 6.07) is 35.5. The van der Waals surface area contributed by atoms with Gasteiger partial charge in [0.05, 0.1) is 33.9 Å². The average molecular weight is 417 g/mol. The molecule has 6 aromatic rings. The standard InChI is InChI=1S/C30H15N3/c31-16-18-12-13-19(17-32)28(14-18)33-27-11-4-3-8-22(27)26-15-25-21-7-2-1-6-20(21)23-9-5-10-24(29(23)25)30(26)33/h1-15H. The minimum Gasteiger partial charge on any atom is -0.307 e. The normalized spacial score (nSPS) is 11.6. The van der Waals surface area contributed by atoms with Crippen LogP contribution in [0.4, 0.5) is 0 Å². The van der Waals surface area contributed by atoms with Crippen LogP contribution < -0.4 is 0 Å². The molecule has 33 heavy (non-hydrogen) atoms. The number of benzene rings is 5. The Labute approximate surface area is 190 Å². The summed E-state index contributed by atoms with van der Waals surface area (Å²) in [6.07, 6.45) is 0. The number of para-hydroxylation sites is 1. The van der Waals surface area contributed by atoms with Gasteiger partial charge < -0.3 is 4.57 Å². The summed E-state index contributed by atoms with van der Waals surface area (Å²) in [7, 11) is 0. The first-order valence-corrected chi connectivity index (χ1v) is 10.8. The number of fused-ring (bicyclic) bond motifs is 7. The van der Waals surface area contributed by atoms with Gasteiger partial charge >= 0.3 is 0 Å². The maximum absolute atomic E-state index is 9.91. The third kappa shape index (κ3) is 2.21. The summed E-state index contributed by atoms with van der Waals surface area (Å²) >= 11 is 0. The lowest BCUT2D eigenvalue weighted by Gasteiger charge is -2.13. The lowest BCUT2D eigenvalue weighted by atomic mass is 9.99. The van der Waals surface area contributed by atoms with Crippen LogP contribution in [0.5, 0.6) is 0 Å².